The topological polar surface area (TPSA) is 3.24 Å². The van der Waals surface area contributed by atoms with E-state index in [2.05, 4.69) is 11.9 Å². The zero-order chi connectivity index (χ0) is 11.8. The van der Waals surface area contributed by atoms with E-state index in [0.29, 0.717) is 0 Å². The summed E-state index contributed by atoms with van der Waals surface area (Å²) in [5, 5.41) is 0. The second-order valence-electron chi connectivity index (χ2n) is 4.11. The molecule has 1 rings (SSSR count). The van der Waals surface area contributed by atoms with Crippen molar-refractivity contribution < 1.29 is 4.39 Å². The molecule has 1 aromatic carbocycles. The molecule has 0 aliphatic carbocycles. The molecule has 0 bridgehead atoms. The standard InChI is InChI=1S/C13H19ClFN/c1-16(10-4-2-3-9-14)11-12-5-7-13(15)8-6-12/h5-8H,2-4,9-11H2,1H3. The Balaban J connectivity index is 2.23. The Morgan fingerprint density at radius 2 is 1.81 bits per heavy atom. The molecule has 0 aromatic heterocycles. The van der Waals surface area contributed by atoms with Gasteiger partial charge in [0.25, 0.3) is 0 Å². The molecule has 0 saturated carbocycles. The first-order chi connectivity index (χ1) is 7.72. The number of alkyl halides is 1. The maximum Gasteiger partial charge on any atom is 0.123 e. The predicted molar refractivity (Wildman–Crippen MR) is 67.3 cm³/mol. The molecule has 0 spiro atoms. The van der Waals surface area contributed by atoms with Crippen molar-refractivity contribution in [1.82, 2.24) is 4.90 Å². The maximum absolute atomic E-state index is 12.7. The number of unbranched alkanes of at least 4 members (excludes halogenated alkanes) is 2. The summed E-state index contributed by atoms with van der Waals surface area (Å²) in [7, 11) is 2.09. The highest BCUT2D eigenvalue weighted by atomic mass is 35.5. The van der Waals surface area contributed by atoms with Crippen LogP contribution in [0, 0.1) is 5.82 Å². The zero-order valence-electron chi connectivity index (χ0n) is 9.76. The fraction of sp³-hybridized carbons (Fsp3) is 0.538. The fourth-order valence-corrected chi connectivity index (χ4v) is 1.82. The Morgan fingerprint density at radius 3 is 2.44 bits per heavy atom. The third kappa shape index (κ3) is 5.47. The SMILES string of the molecule is CN(CCCCCCl)Cc1ccc(F)cc1. The summed E-state index contributed by atoms with van der Waals surface area (Å²) < 4.78 is 12.7. The second kappa shape index (κ2) is 7.64. The van der Waals surface area contributed by atoms with E-state index in [1.165, 1.54) is 25.0 Å². The summed E-state index contributed by atoms with van der Waals surface area (Å²) in [6.07, 6.45) is 3.44. The van der Waals surface area contributed by atoms with Crippen LogP contribution in [0.25, 0.3) is 0 Å². The fourth-order valence-electron chi connectivity index (χ4n) is 1.63. The molecule has 0 aliphatic rings. The van der Waals surface area contributed by atoms with Crippen LogP contribution in [-0.4, -0.2) is 24.4 Å². The Bertz CT molecular complexity index is 286. The van der Waals surface area contributed by atoms with Gasteiger partial charge in [0, 0.05) is 12.4 Å². The molecule has 1 nitrogen and oxygen atoms in total. The third-order valence-corrected chi connectivity index (χ3v) is 2.81. The number of halogens is 2. The van der Waals surface area contributed by atoms with Crippen LogP contribution < -0.4 is 0 Å². The minimum atomic E-state index is -0.173. The van der Waals surface area contributed by atoms with Crippen LogP contribution in [0.15, 0.2) is 24.3 Å². The van der Waals surface area contributed by atoms with E-state index >= 15 is 0 Å². The average Bonchev–Trinajstić information content (AvgIpc) is 2.28. The maximum atomic E-state index is 12.7. The quantitative estimate of drug-likeness (QED) is 0.522. The average molecular weight is 244 g/mol. The van der Waals surface area contributed by atoms with Crippen LogP contribution in [0.4, 0.5) is 4.39 Å². The van der Waals surface area contributed by atoms with Gasteiger partial charge in [0.05, 0.1) is 0 Å². The van der Waals surface area contributed by atoms with Crippen molar-refractivity contribution in [3.63, 3.8) is 0 Å². The molecule has 0 saturated heterocycles. The molecule has 0 aliphatic heterocycles. The van der Waals surface area contributed by atoms with Crippen molar-refractivity contribution in [2.24, 2.45) is 0 Å². The van der Waals surface area contributed by atoms with Gasteiger partial charge in [-0.1, -0.05) is 18.6 Å². The van der Waals surface area contributed by atoms with Crippen LogP contribution in [0.5, 0.6) is 0 Å². The summed E-state index contributed by atoms with van der Waals surface area (Å²) in [5.41, 5.74) is 1.15. The van der Waals surface area contributed by atoms with Crippen molar-refractivity contribution in [2.75, 3.05) is 19.5 Å². The highest BCUT2D eigenvalue weighted by molar-refractivity contribution is 6.17. The van der Waals surface area contributed by atoms with Crippen LogP contribution >= 0.6 is 11.6 Å². The molecule has 90 valence electrons. The normalized spacial score (nSPS) is 11.0. The third-order valence-electron chi connectivity index (χ3n) is 2.54. The molecule has 0 heterocycles. The molecule has 16 heavy (non-hydrogen) atoms. The predicted octanol–water partition coefficient (Wildman–Crippen LogP) is 3.67. The van der Waals surface area contributed by atoms with Crippen molar-refractivity contribution in [2.45, 2.75) is 25.8 Å². The van der Waals surface area contributed by atoms with E-state index in [1.54, 1.807) is 0 Å². The van der Waals surface area contributed by atoms with E-state index in [0.717, 1.165) is 31.0 Å². The van der Waals surface area contributed by atoms with Crippen LogP contribution in [0.2, 0.25) is 0 Å². The Labute approximate surface area is 102 Å². The Kier molecular flexibility index (Phi) is 6.43. The van der Waals surface area contributed by atoms with Crippen LogP contribution in [0.1, 0.15) is 24.8 Å². The summed E-state index contributed by atoms with van der Waals surface area (Å²) >= 11 is 5.61. The molecule has 3 heteroatoms. The molecule has 0 unspecified atom stereocenters. The lowest BCUT2D eigenvalue weighted by Gasteiger charge is -2.16. The van der Waals surface area contributed by atoms with Gasteiger partial charge in [-0.3, -0.25) is 0 Å². The number of rotatable bonds is 7. The molecular formula is C13H19ClFN. The van der Waals surface area contributed by atoms with Gasteiger partial charge >= 0.3 is 0 Å². The number of hydrogen-bond acceptors (Lipinski definition) is 1. The van der Waals surface area contributed by atoms with Gasteiger partial charge in [-0.2, -0.15) is 0 Å². The van der Waals surface area contributed by atoms with Crippen molar-refractivity contribution in [3.8, 4) is 0 Å². The second-order valence-corrected chi connectivity index (χ2v) is 4.49. The Morgan fingerprint density at radius 1 is 1.12 bits per heavy atom. The summed E-state index contributed by atoms with van der Waals surface area (Å²) in [4.78, 5) is 2.25. The minimum Gasteiger partial charge on any atom is -0.302 e. The van der Waals surface area contributed by atoms with Gasteiger partial charge in [-0.25, -0.2) is 4.39 Å². The summed E-state index contributed by atoms with van der Waals surface area (Å²) in [5.74, 6) is 0.579. The van der Waals surface area contributed by atoms with Gasteiger partial charge in [0.1, 0.15) is 5.82 Å². The highest BCUT2D eigenvalue weighted by Gasteiger charge is 2.00. The van der Waals surface area contributed by atoms with E-state index in [9.17, 15) is 4.39 Å². The lowest BCUT2D eigenvalue weighted by molar-refractivity contribution is 0.318. The first kappa shape index (κ1) is 13.5. The first-order valence-electron chi connectivity index (χ1n) is 5.71. The number of nitrogens with zero attached hydrogens (tertiary/aromatic N) is 1. The van der Waals surface area contributed by atoms with Gasteiger partial charge in [-0.15, -0.1) is 11.6 Å². The van der Waals surface area contributed by atoms with Crippen molar-refractivity contribution in [1.29, 1.82) is 0 Å². The molecule has 0 atom stereocenters. The zero-order valence-corrected chi connectivity index (χ0v) is 10.5. The lowest BCUT2D eigenvalue weighted by Crippen LogP contribution is -2.19. The molecule has 0 radical (unpaired) electrons. The first-order valence-corrected chi connectivity index (χ1v) is 6.25. The van der Waals surface area contributed by atoms with Gasteiger partial charge in [0.2, 0.25) is 0 Å². The molecule has 1 aromatic rings. The number of hydrogen-bond donors (Lipinski definition) is 0. The monoisotopic (exact) mass is 243 g/mol. The number of benzene rings is 1. The van der Waals surface area contributed by atoms with E-state index in [1.807, 2.05) is 12.1 Å². The van der Waals surface area contributed by atoms with Crippen molar-refractivity contribution in [3.05, 3.63) is 35.6 Å². The molecule has 0 fully saturated rings. The molecular weight excluding hydrogens is 225 g/mol. The van der Waals surface area contributed by atoms with Gasteiger partial charge < -0.3 is 4.90 Å². The smallest absolute Gasteiger partial charge is 0.123 e. The van der Waals surface area contributed by atoms with E-state index in [4.69, 9.17) is 11.6 Å². The molecule has 0 amide bonds. The summed E-state index contributed by atoms with van der Waals surface area (Å²) in [6.45, 7) is 1.94. The molecule has 0 N–H and O–H groups in total. The van der Waals surface area contributed by atoms with Crippen LogP contribution in [0.3, 0.4) is 0 Å². The largest absolute Gasteiger partial charge is 0.302 e. The highest BCUT2D eigenvalue weighted by Crippen LogP contribution is 2.06. The van der Waals surface area contributed by atoms with Crippen LogP contribution in [-0.2, 0) is 6.54 Å². The summed E-state index contributed by atoms with van der Waals surface area (Å²) in [6, 6.07) is 6.70. The van der Waals surface area contributed by atoms with E-state index in [-0.39, 0.29) is 5.82 Å². The van der Waals surface area contributed by atoms with Gasteiger partial charge in [-0.05, 0) is 44.1 Å². The van der Waals surface area contributed by atoms with E-state index < -0.39 is 0 Å². The van der Waals surface area contributed by atoms with Crippen molar-refractivity contribution >= 4 is 11.6 Å². The van der Waals surface area contributed by atoms with Gasteiger partial charge in [0.15, 0.2) is 0 Å². The lowest BCUT2D eigenvalue weighted by atomic mass is 10.2. The minimum absolute atomic E-state index is 0.173. The Hall–Kier alpha value is -0.600.